The first-order valence-corrected chi connectivity index (χ1v) is 15.1. The Bertz CT molecular complexity index is 883. The maximum absolute atomic E-state index is 11.8. The predicted octanol–water partition coefficient (Wildman–Crippen LogP) is 8.35. The minimum Gasteiger partial charge on any atom is -0.462 e. The van der Waals surface area contributed by atoms with Crippen LogP contribution in [0, 0.1) is 51.2 Å². The summed E-state index contributed by atoms with van der Waals surface area (Å²) in [6, 6.07) is 0. The molecule has 4 aliphatic rings. The Morgan fingerprint density at radius 2 is 1.72 bits per heavy atom. The second kappa shape index (κ2) is 9.13. The molecule has 4 aliphatic carbocycles. The van der Waals surface area contributed by atoms with E-state index in [1.54, 1.807) is 12.5 Å². The van der Waals surface area contributed by atoms with Crippen LogP contribution in [0.1, 0.15) is 127 Å². The number of esters is 1. The fourth-order valence-corrected chi connectivity index (χ4v) is 10.1. The molecule has 206 valence electrons. The number of carbonyl (C=O) groups is 1. The van der Waals surface area contributed by atoms with E-state index in [0.717, 1.165) is 31.6 Å². The molecule has 0 amide bonds. The van der Waals surface area contributed by atoms with Crippen LogP contribution in [0.2, 0.25) is 0 Å². The van der Waals surface area contributed by atoms with E-state index >= 15 is 0 Å². The molecule has 3 saturated carbocycles. The maximum atomic E-state index is 11.8. The van der Waals surface area contributed by atoms with Gasteiger partial charge in [0.25, 0.3) is 0 Å². The molecule has 0 aromatic carbocycles. The van der Waals surface area contributed by atoms with E-state index in [1.165, 1.54) is 32.1 Å². The molecule has 0 aromatic heterocycles. The van der Waals surface area contributed by atoms with Gasteiger partial charge in [0.1, 0.15) is 6.10 Å². The summed E-state index contributed by atoms with van der Waals surface area (Å²) in [4.78, 5) is 11.8. The number of carbonyl (C=O) groups excluding carboxylic acids is 1. The Morgan fingerprint density at radius 3 is 2.33 bits per heavy atom. The molecule has 0 radical (unpaired) electrons. The smallest absolute Gasteiger partial charge is 0.302 e. The lowest BCUT2D eigenvalue weighted by molar-refractivity contribution is -0.170. The van der Waals surface area contributed by atoms with Crippen molar-refractivity contribution in [3.63, 3.8) is 0 Å². The Hall–Kier alpha value is -0.830. The van der Waals surface area contributed by atoms with Crippen molar-refractivity contribution in [3.8, 4) is 0 Å². The lowest BCUT2D eigenvalue weighted by atomic mass is 9.41. The van der Waals surface area contributed by atoms with Crippen molar-refractivity contribution >= 4 is 5.97 Å². The van der Waals surface area contributed by atoms with E-state index in [9.17, 15) is 9.90 Å². The van der Waals surface area contributed by atoms with Crippen molar-refractivity contribution in [2.75, 3.05) is 0 Å². The van der Waals surface area contributed by atoms with Gasteiger partial charge in [0.05, 0.1) is 5.60 Å². The van der Waals surface area contributed by atoms with E-state index < -0.39 is 5.60 Å². The second-order valence-corrected chi connectivity index (χ2v) is 15.4. The monoisotopic (exact) mass is 500 g/mol. The van der Waals surface area contributed by atoms with E-state index in [-0.39, 0.29) is 22.9 Å². The van der Waals surface area contributed by atoms with Gasteiger partial charge in [0.15, 0.2) is 0 Å². The zero-order valence-corrected chi connectivity index (χ0v) is 25.2. The SMILES string of the molecule is CC(=O)OC1CCC2(C)C3=CCC4(C)C(C(C)CCC(C)(O)C(C)C)CCC4(C)C3CCC2C1(C)C. The summed E-state index contributed by atoms with van der Waals surface area (Å²) >= 11 is 0. The van der Waals surface area contributed by atoms with Crippen LogP contribution >= 0.6 is 0 Å². The average molecular weight is 501 g/mol. The standard InChI is InChI=1S/C33H56O3/c1-21(2)33(10,35)20-13-22(3)24-14-18-32(9)26-11-12-27-29(5,6)28(36-23(4)34)16-17-30(27,7)25(26)15-19-31(24,32)8/h15,21-22,24,26-28,35H,11-14,16-20H2,1-10H3. The van der Waals surface area contributed by atoms with Crippen molar-refractivity contribution in [1.82, 2.24) is 0 Å². The number of hydrogen-bond donors (Lipinski definition) is 1. The molecule has 0 bridgehead atoms. The van der Waals surface area contributed by atoms with Crippen molar-refractivity contribution in [3.05, 3.63) is 11.6 Å². The highest BCUT2D eigenvalue weighted by molar-refractivity contribution is 5.66. The van der Waals surface area contributed by atoms with Crippen molar-refractivity contribution < 1.29 is 14.6 Å². The number of rotatable bonds is 6. The highest BCUT2D eigenvalue weighted by Gasteiger charge is 2.65. The third kappa shape index (κ3) is 4.13. The summed E-state index contributed by atoms with van der Waals surface area (Å²) in [6.45, 7) is 22.9. The quantitative estimate of drug-likeness (QED) is 0.294. The third-order valence-electron chi connectivity index (χ3n) is 13.2. The van der Waals surface area contributed by atoms with Crippen LogP contribution in [-0.2, 0) is 9.53 Å². The van der Waals surface area contributed by atoms with E-state index in [2.05, 4.69) is 61.5 Å². The molecule has 0 aliphatic heterocycles. The zero-order chi connectivity index (χ0) is 26.9. The topological polar surface area (TPSA) is 46.5 Å². The predicted molar refractivity (Wildman–Crippen MR) is 148 cm³/mol. The maximum Gasteiger partial charge on any atom is 0.302 e. The summed E-state index contributed by atoms with van der Waals surface area (Å²) in [5.74, 6) is 2.77. The lowest BCUT2D eigenvalue weighted by Crippen LogP contribution is -2.58. The van der Waals surface area contributed by atoms with Gasteiger partial charge in [-0.2, -0.15) is 0 Å². The van der Waals surface area contributed by atoms with Gasteiger partial charge in [-0.25, -0.2) is 0 Å². The molecule has 9 unspecified atom stereocenters. The van der Waals surface area contributed by atoms with Crippen LogP contribution in [0.5, 0.6) is 0 Å². The first-order valence-electron chi connectivity index (χ1n) is 15.1. The number of aliphatic hydroxyl groups is 1. The van der Waals surface area contributed by atoms with Crippen LogP contribution < -0.4 is 0 Å². The van der Waals surface area contributed by atoms with Crippen molar-refractivity contribution in [2.45, 2.75) is 139 Å². The van der Waals surface area contributed by atoms with Crippen LogP contribution in [0.4, 0.5) is 0 Å². The molecule has 0 spiro atoms. The third-order valence-corrected chi connectivity index (χ3v) is 13.2. The van der Waals surface area contributed by atoms with Crippen LogP contribution in [-0.4, -0.2) is 22.8 Å². The Morgan fingerprint density at radius 1 is 1.06 bits per heavy atom. The highest BCUT2D eigenvalue weighted by atomic mass is 16.5. The highest BCUT2D eigenvalue weighted by Crippen LogP contribution is 2.73. The molecular weight excluding hydrogens is 444 g/mol. The Balaban J connectivity index is 1.59. The molecule has 4 rings (SSSR count). The molecule has 0 heterocycles. The van der Waals surface area contributed by atoms with Gasteiger partial charge >= 0.3 is 5.97 Å². The first kappa shape index (κ1) is 28.2. The van der Waals surface area contributed by atoms with Gasteiger partial charge in [-0.3, -0.25) is 4.79 Å². The van der Waals surface area contributed by atoms with Gasteiger partial charge in [0, 0.05) is 12.3 Å². The van der Waals surface area contributed by atoms with Gasteiger partial charge in [0.2, 0.25) is 0 Å². The molecule has 9 atom stereocenters. The Kier molecular flexibility index (Phi) is 7.15. The number of fused-ring (bicyclic) bond motifs is 5. The number of hydrogen-bond acceptors (Lipinski definition) is 3. The molecule has 3 heteroatoms. The fourth-order valence-electron chi connectivity index (χ4n) is 10.1. The number of ether oxygens (including phenoxy) is 1. The molecule has 1 N–H and O–H groups in total. The largest absolute Gasteiger partial charge is 0.462 e. The summed E-state index contributed by atoms with van der Waals surface area (Å²) in [5, 5.41) is 10.9. The van der Waals surface area contributed by atoms with Gasteiger partial charge in [-0.1, -0.05) is 67.0 Å². The fraction of sp³-hybridized carbons (Fsp3) is 0.909. The second-order valence-electron chi connectivity index (χ2n) is 15.4. The van der Waals surface area contributed by atoms with Crippen LogP contribution in [0.15, 0.2) is 11.6 Å². The van der Waals surface area contributed by atoms with Gasteiger partial charge in [-0.15, -0.1) is 0 Å². The van der Waals surface area contributed by atoms with Gasteiger partial charge in [-0.05, 0) is 111 Å². The number of allylic oxidation sites excluding steroid dienone is 2. The van der Waals surface area contributed by atoms with Crippen molar-refractivity contribution in [2.24, 2.45) is 51.2 Å². The lowest BCUT2D eigenvalue weighted by Gasteiger charge is -2.64. The molecule has 3 fully saturated rings. The summed E-state index contributed by atoms with van der Waals surface area (Å²) in [6.07, 6.45) is 13.3. The van der Waals surface area contributed by atoms with E-state index in [4.69, 9.17) is 4.74 Å². The van der Waals surface area contributed by atoms with Crippen LogP contribution in [0.25, 0.3) is 0 Å². The first-order chi connectivity index (χ1) is 16.5. The minimum absolute atomic E-state index is 0.00617. The molecule has 36 heavy (non-hydrogen) atoms. The van der Waals surface area contributed by atoms with Crippen molar-refractivity contribution in [1.29, 1.82) is 0 Å². The minimum atomic E-state index is -0.568. The van der Waals surface area contributed by atoms with E-state index in [0.29, 0.717) is 34.5 Å². The summed E-state index contributed by atoms with van der Waals surface area (Å²) < 4.78 is 5.87. The molecule has 3 nitrogen and oxygen atoms in total. The normalized spacial score (nSPS) is 44.1. The average Bonchev–Trinajstić information content (AvgIpc) is 3.05. The Labute approximate surface area is 222 Å². The van der Waals surface area contributed by atoms with Gasteiger partial charge < -0.3 is 9.84 Å². The van der Waals surface area contributed by atoms with Crippen LogP contribution in [0.3, 0.4) is 0 Å². The molecule has 0 saturated heterocycles. The summed E-state index contributed by atoms with van der Waals surface area (Å²) in [7, 11) is 0. The summed E-state index contributed by atoms with van der Waals surface area (Å²) in [5.41, 5.74) is 2.09. The molecular formula is C33H56O3. The van der Waals surface area contributed by atoms with E-state index in [1.807, 2.05) is 6.92 Å². The molecule has 0 aromatic rings. The zero-order valence-electron chi connectivity index (χ0n) is 25.2.